The zero-order valence-corrected chi connectivity index (χ0v) is 22.9. The highest BCUT2D eigenvalue weighted by molar-refractivity contribution is 6.04. The number of carbonyl (C=O) groups is 2. The number of methoxy groups -OCH3 is 1. The van der Waals surface area contributed by atoms with Crippen LogP contribution in [0.2, 0.25) is 0 Å². The van der Waals surface area contributed by atoms with E-state index in [-0.39, 0.29) is 29.3 Å². The summed E-state index contributed by atoms with van der Waals surface area (Å²) >= 11 is 0. The van der Waals surface area contributed by atoms with Gasteiger partial charge in [-0.3, -0.25) is 9.59 Å². The number of nitrogens with zero attached hydrogens (tertiary/aromatic N) is 1. The van der Waals surface area contributed by atoms with E-state index in [9.17, 15) is 9.59 Å². The van der Waals surface area contributed by atoms with Gasteiger partial charge in [-0.15, -0.1) is 0 Å². The van der Waals surface area contributed by atoms with E-state index in [4.69, 9.17) is 10.5 Å². The van der Waals surface area contributed by atoms with Gasteiger partial charge in [-0.25, -0.2) is 0 Å². The van der Waals surface area contributed by atoms with Crippen molar-refractivity contribution in [1.82, 2.24) is 4.90 Å². The summed E-state index contributed by atoms with van der Waals surface area (Å²) in [5, 5.41) is 3.07. The Hall–Kier alpha value is -3.64. The van der Waals surface area contributed by atoms with Gasteiger partial charge in [0, 0.05) is 35.4 Å². The second-order valence-corrected chi connectivity index (χ2v) is 11.1. The van der Waals surface area contributed by atoms with Crippen LogP contribution in [-0.2, 0) is 12.0 Å². The Morgan fingerprint density at radius 1 is 0.921 bits per heavy atom. The number of hydrogen-bond donors (Lipinski definition) is 2. The largest absolute Gasteiger partial charge is 0.497 e. The van der Waals surface area contributed by atoms with Crippen molar-refractivity contribution in [1.29, 1.82) is 0 Å². The van der Waals surface area contributed by atoms with Crippen molar-refractivity contribution < 1.29 is 14.3 Å². The van der Waals surface area contributed by atoms with Gasteiger partial charge in [0.1, 0.15) is 5.75 Å². The fourth-order valence-electron chi connectivity index (χ4n) is 5.05. The van der Waals surface area contributed by atoms with Crippen molar-refractivity contribution in [2.45, 2.75) is 70.5 Å². The van der Waals surface area contributed by atoms with Gasteiger partial charge >= 0.3 is 0 Å². The number of nitrogens with one attached hydrogen (secondary N) is 1. The fourth-order valence-corrected chi connectivity index (χ4v) is 5.05. The third-order valence-electron chi connectivity index (χ3n) is 7.40. The number of benzene rings is 3. The van der Waals surface area contributed by atoms with Crippen LogP contribution in [0.4, 0.5) is 5.69 Å². The van der Waals surface area contributed by atoms with Gasteiger partial charge < -0.3 is 20.7 Å². The zero-order valence-electron chi connectivity index (χ0n) is 22.9. The lowest BCUT2D eigenvalue weighted by atomic mass is 9.86. The number of ether oxygens (including phenoxy) is 1. The van der Waals surface area contributed by atoms with Crippen LogP contribution in [0.25, 0.3) is 0 Å². The molecule has 4 rings (SSSR count). The molecule has 0 aromatic heterocycles. The lowest BCUT2D eigenvalue weighted by Gasteiger charge is -2.39. The summed E-state index contributed by atoms with van der Waals surface area (Å²) in [6.45, 7) is 6.79. The number of carbonyl (C=O) groups excluding carboxylic acids is 2. The normalized spacial score (nSPS) is 17.5. The molecular formula is C32H39N3O3. The predicted molar refractivity (Wildman–Crippen MR) is 153 cm³/mol. The highest BCUT2D eigenvalue weighted by atomic mass is 16.5. The summed E-state index contributed by atoms with van der Waals surface area (Å²) in [6.07, 6.45) is 3.86. The quantitative estimate of drug-likeness (QED) is 0.396. The smallest absolute Gasteiger partial charge is 0.255 e. The second-order valence-electron chi connectivity index (χ2n) is 11.1. The third kappa shape index (κ3) is 6.43. The van der Waals surface area contributed by atoms with E-state index >= 15 is 0 Å². The molecule has 1 fully saturated rings. The lowest BCUT2D eigenvalue weighted by molar-refractivity contribution is 0.0584. The molecule has 0 bridgehead atoms. The minimum absolute atomic E-state index is 0.0153. The average Bonchev–Trinajstić information content (AvgIpc) is 2.92. The van der Waals surface area contributed by atoms with Gasteiger partial charge in [0.05, 0.1) is 7.11 Å². The van der Waals surface area contributed by atoms with E-state index < -0.39 is 0 Å². The lowest BCUT2D eigenvalue weighted by Crippen LogP contribution is -2.51. The van der Waals surface area contributed by atoms with Crippen LogP contribution < -0.4 is 15.8 Å². The van der Waals surface area contributed by atoms with E-state index in [0.29, 0.717) is 29.1 Å². The molecule has 2 unspecified atom stereocenters. The minimum Gasteiger partial charge on any atom is -0.497 e. The first kappa shape index (κ1) is 27.4. The van der Waals surface area contributed by atoms with Crippen molar-refractivity contribution in [3.63, 3.8) is 0 Å². The highest BCUT2D eigenvalue weighted by Gasteiger charge is 2.32. The molecular weight excluding hydrogens is 474 g/mol. The van der Waals surface area contributed by atoms with Crippen molar-refractivity contribution in [2.24, 2.45) is 5.73 Å². The molecule has 3 N–H and O–H groups in total. The van der Waals surface area contributed by atoms with Crippen molar-refractivity contribution in [3.05, 3.63) is 95.1 Å². The van der Waals surface area contributed by atoms with E-state index in [1.165, 1.54) is 5.56 Å². The second kappa shape index (κ2) is 11.8. The number of amides is 2. The monoisotopic (exact) mass is 513 g/mol. The number of hydrogen-bond acceptors (Lipinski definition) is 4. The summed E-state index contributed by atoms with van der Waals surface area (Å²) in [4.78, 5) is 28.8. The number of anilines is 1. The summed E-state index contributed by atoms with van der Waals surface area (Å²) in [6, 6.07) is 22.4. The SMILES string of the molecule is COc1ccc(C(=O)N(Cc2ccccc2NC(=O)c2ccc(C(C)(C)C)cc2)C2CCCCC2N)cc1. The molecule has 2 atom stereocenters. The van der Waals surface area contributed by atoms with E-state index in [1.54, 1.807) is 31.4 Å². The maximum atomic E-state index is 13.8. The van der Waals surface area contributed by atoms with E-state index in [1.807, 2.05) is 53.4 Å². The van der Waals surface area contributed by atoms with Gasteiger partial charge in [-0.1, -0.05) is 63.9 Å². The Morgan fingerprint density at radius 2 is 1.55 bits per heavy atom. The molecule has 3 aromatic carbocycles. The Kier molecular flexibility index (Phi) is 8.52. The standard InChI is InChI=1S/C32H39N3O3/c1-32(2,3)25-17-13-22(14-18-25)30(36)34-28-11-7-5-9-24(28)21-35(29-12-8-6-10-27(29)33)31(37)23-15-19-26(38-4)20-16-23/h5,7,9,11,13-20,27,29H,6,8,10,12,21,33H2,1-4H3,(H,34,36). The molecule has 6 nitrogen and oxygen atoms in total. The van der Waals surface area contributed by atoms with Crippen LogP contribution in [-0.4, -0.2) is 35.9 Å². The van der Waals surface area contributed by atoms with Gasteiger partial charge in [0.2, 0.25) is 0 Å². The van der Waals surface area contributed by atoms with Crippen LogP contribution in [0.5, 0.6) is 5.75 Å². The summed E-state index contributed by atoms with van der Waals surface area (Å²) in [5.41, 5.74) is 10.5. The Bertz CT molecular complexity index is 1250. The maximum absolute atomic E-state index is 13.8. The summed E-state index contributed by atoms with van der Waals surface area (Å²) in [5.74, 6) is 0.445. The van der Waals surface area contributed by atoms with Crippen molar-refractivity contribution in [2.75, 3.05) is 12.4 Å². The molecule has 3 aromatic rings. The molecule has 0 spiro atoms. The fraction of sp³-hybridized carbons (Fsp3) is 0.375. The number of nitrogens with two attached hydrogens (primary N) is 1. The van der Waals surface area contributed by atoms with Gasteiger partial charge in [-0.2, -0.15) is 0 Å². The molecule has 6 heteroatoms. The van der Waals surface area contributed by atoms with Crippen LogP contribution >= 0.6 is 0 Å². The zero-order chi connectivity index (χ0) is 27.3. The molecule has 0 saturated heterocycles. The molecule has 2 amide bonds. The van der Waals surface area contributed by atoms with Crippen molar-refractivity contribution in [3.8, 4) is 5.75 Å². The number of rotatable bonds is 7. The van der Waals surface area contributed by atoms with Crippen LogP contribution in [0.3, 0.4) is 0 Å². The van der Waals surface area contributed by atoms with Gasteiger partial charge in [0.25, 0.3) is 11.8 Å². The first-order valence-corrected chi connectivity index (χ1v) is 13.4. The molecule has 1 aliphatic carbocycles. The molecule has 1 saturated carbocycles. The molecule has 0 radical (unpaired) electrons. The molecule has 38 heavy (non-hydrogen) atoms. The van der Waals surface area contributed by atoms with Crippen LogP contribution in [0.15, 0.2) is 72.8 Å². The Morgan fingerprint density at radius 3 is 2.18 bits per heavy atom. The van der Waals surface area contributed by atoms with Crippen LogP contribution in [0, 0.1) is 0 Å². The van der Waals surface area contributed by atoms with Crippen molar-refractivity contribution >= 4 is 17.5 Å². The predicted octanol–water partition coefficient (Wildman–Crippen LogP) is 6.16. The van der Waals surface area contributed by atoms with Crippen LogP contribution in [0.1, 0.15) is 78.3 Å². The average molecular weight is 514 g/mol. The molecule has 0 aliphatic heterocycles. The topological polar surface area (TPSA) is 84.7 Å². The summed E-state index contributed by atoms with van der Waals surface area (Å²) < 4.78 is 5.27. The minimum atomic E-state index is -0.180. The Labute approximate surface area is 226 Å². The van der Waals surface area contributed by atoms with E-state index in [0.717, 1.165) is 31.2 Å². The van der Waals surface area contributed by atoms with Gasteiger partial charge in [-0.05, 0) is 71.8 Å². The maximum Gasteiger partial charge on any atom is 0.255 e. The Balaban J connectivity index is 1.59. The molecule has 1 aliphatic rings. The third-order valence-corrected chi connectivity index (χ3v) is 7.40. The first-order chi connectivity index (χ1) is 18.2. The summed E-state index contributed by atoms with van der Waals surface area (Å²) in [7, 11) is 1.61. The molecule has 0 heterocycles. The van der Waals surface area contributed by atoms with Gasteiger partial charge in [0.15, 0.2) is 0 Å². The first-order valence-electron chi connectivity index (χ1n) is 13.4. The van der Waals surface area contributed by atoms with E-state index in [2.05, 4.69) is 26.1 Å². The number of para-hydroxylation sites is 1. The highest BCUT2D eigenvalue weighted by Crippen LogP contribution is 2.28. The molecule has 200 valence electrons.